The predicted molar refractivity (Wildman–Crippen MR) is 145 cm³/mol. The Morgan fingerprint density at radius 2 is 1.58 bits per heavy atom. The highest BCUT2D eigenvalue weighted by Gasteiger charge is 2.14. The number of methoxy groups -OCH3 is 3. The molecule has 0 spiro atoms. The molecule has 1 heterocycles. The summed E-state index contributed by atoms with van der Waals surface area (Å²) >= 11 is 3.39. The van der Waals surface area contributed by atoms with E-state index >= 15 is 0 Å². The molecular weight excluding hydrogens is 524 g/mol. The molecule has 7 heteroatoms. The number of hydrogen-bond acceptors (Lipinski definition) is 6. The Morgan fingerprint density at radius 1 is 0.833 bits per heavy atom. The molecule has 0 bridgehead atoms. The molecule has 36 heavy (non-hydrogen) atoms. The fourth-order valence-electron chi connectivity index (χ4n) is 3.64. The van der Waals surface area contributed by atoms with Gasteiger partial charge in [0.25, 0.3) is 0 Å². The van der Waals surface area contributed by atoms with E-state index in [-0.39, 0.29) is 5.56 Å². The Balaban J connectivity index is 1.72. The molecule has 0 N–H and O–H groups in total. The summed E-state index contributed by atoms with van der Waals surface area (Å²) in [6.07, 6.45) is 6.80. The number of benzene rings is 3. The Labute approximate surface area is 216 Å². The van der Waals surface area contributed by atoms with Gasteiger partial charge in [-0.2, -0.15) is 0 Å². The number of rotatable bonds is 8. The third kappa shape index (κ3) is 5.58. The van der Waals surface area contributed by atoms with Gasteiger partial charge in [0.15, 0.2) is 5.78 Å². The fraction of sp³-hybridized carbons (Fsp3) is 0.103. The second-order valence-electron chi connectivity index (χ2n) is 7.77. The van der Waals surface area contributed by atoms with E-state index in [9.17, 15) is 9.59 Å². The van der Waals surface area contributed by atoms with Gasteiger partial charge in [0.1, 0.15) is 28.4 Å². The molecule has 1 aromatic heterocycles. The average Bonchev–Trinajstić information content (AvgIpc) is 2.90. The van der Waals surface area contributed by atoms with Gasteiger partial charge in [-0.1, -0.05) is 40.2 Å². The van der Waals surface area contributed by atoms with E-state index < -0.39 is 11.4 Å². The van der Waals surface area contributed by atoms with Crippen LogP contribution in [0.25, 0.3) is 29.2 Å². The van der Waals surface area contributed by atoms with Gasteiger partial charge in [0.05, 0.1) is 21.3 Å². The highest BCUT2D eigenvalue weighted by atomic mass is 79.9. The maximum absolute atomic E-state index is 13.0. The first-order valence-electron chi connectivity index (χ1n) is 11.0. The first-order chi connectivity index (χ1) is 17.4. The summed E-state index contributed by atoms with van der Waals surface area (Å²) in [5, 5.41) is 0.644. The van der Waals surface area contributed by atoms with Crippen molar-refractivity contribution in [2.24, 2.45) is 0 Å². The molecule has 0 aliphatic carbocycles. The van der Waals surface area contributed by atoms with Gasteiger partial charge in [0.2, 0.25) is 0 Å². The Hall–Kier alpha value is -4.10. The van der Waals surface area contributed by atoms with Crippen LogP contribution >= 0.6 is 15.9 Å². The molecule has 0 aliphatic heterocycles. The van der Waals surface area contributed by atoms with Gasteiger partial charge < -0.3 is 18.6 Å². The molecule has 4 rings (SSSR count). The van der Waals surface area contributed by atoms with E-state index in [0.29, 0.717) is 28.0 Å². The number of hydrogen-bond donors (Lipinski definition) is 0. The number of carbonyl (C=O) groups excluding carboxylic acids is 1. The van der Waals surface area contributed by atoms with Crippen molar-refractivity contribution in [2.45, 2.75) is 0 Å². The topological polar surface area (TPSA) is 75.0 Å². The summed E-state index contributed by atoms with van der Waals surface area (Å²) < 4.78 is 22.3. The van der Waals surface area contributed by atoms with Crippen LogP contribution in [0.1, 0.15) is 27.0 Å². The minimum absolute atomic E-state index is 0.0559. The second kappa shape index (κ2) is 11.1. The zero-order valence-corrected chi connectivity index (χ0v) is 21.5. The Kier molecular flexibility index (Phi) is 7.71. The van der Waals surface area contributed by atoms with Crippen LogP contribution in [0.2, 0.25) is 0 Å². The number of fused-ring (bicyclic) bond motifs is 1. The highest BCUT2D eigenvalue weighted by molar-refractivity contribution is 9.10. The average molecular weight is 547 g/mol. The summed E-state index contributed by atoms with van der Waals surface area (Å²) in [5.74, 6) is 1.41. The van der Waals surface area contributed by atoms with E-state index in [1.807, 2.05) is 42.5 Å². The molecule has 0 saturated carbocycles. The maximum Gasteiger partial charge on any atom is 0.347 e. The number of ether oxygens (including phenoxy) is 3. The van der Waals surface area contributed by atoms with E-state index in [0.717, 1.165) is 21.3 Å². The van der Waals surface area contributed by atoms with Gasteiger partial charge in [-0.05, 0) is 65.7 Å². The number of halogens is 1. The molecule has 0 amide bonds. The molecule has 0 unspecified atom stereocenters. The lowest BCUT2D eigenvalue weighted by Gasteiger charge is -2.11. The number of carbonyl (C=O) groups is 1. The van der Waals surface area contributed by atoms with E-state index in [4.69, 9.17) is 18.6 Å². The van der Waals surface area contributed by atoms with Crippen LogP contribution in [-0.4, -0.2) is 27.1 Å². The second-order valence-corrected chi connectivity index (χ2v) is 8.68. The third-order valence-electron chi connectivity index (χ3n) is 5.54. The smallest absolute Gasteiger partial charge is 0.347 e. The summed E-state index contributed by atoms with van der Waals surface area (Å²) in [4.78, 5) is 25.4. The van der Waals surface area contributed by atoms with Crippen molar-refractivity contribution >= 4 is 50.9 Å². The molecule has 6 nitrogen and oxygen atoms in total. The third-order valence-corrected chi connectivity index (χ3v) is 6.03. The van der Waals surface area contributed by atoms with Gasteiger partial charge in [0, 0.05) is 21.5 Å². The maximum atomic E-state index is 13.0. The first-order valence-corrected chi connectivity index (χ1v) is 11.7. The standard InChI is InChI=1S/C29H23BrO6/c1-33-22-9-5-18(6-10-22)4-7-19-15-23(34-2)17-28(35-3)24(19)11-12-26(31)25-16-20-14-21(30)8-13-27(20)36-29(25)32/h4-17H,1-3H3/b7-4+,12-11+. The quantitative estimate of drug-likeness (QED) is 0.107. The molecule has 4 aromatic rings. The molecule has 0 aliphatic rings. The van der Waals surface area contributed by atoms with Crippen molar-refractivity contribution in [1.82, 2.24) is 0 Å². The van der Waals surface area contributed by atoms with Crippen molar-refractivity contribution in [1.29, 1.82) is 0 Å². The minimum Gasteiger partial charge on any atom is -0.497 e. The molecule has 0 saturated heterocycles. The first kappa shape index (κ1) is 25.0. The summed E-state index contributed by atoms with van der Waals surface area (Å²) in [5.41, 5.74) is 2.04. The Morgan fingerprint density at radius 3 is 2.28 bits per heavy atom. The van der Waals surface area contributed by atoms with E-state index in [1.165, 1.54) is 12.1 Å². The van der Waals surface area contributed by atoms with Crippen molar-refractivity contribution in [2.75, 3.05) is 21.3 Å². The Bertz CT molecular complexity index is 1530. The normalized spacial score (nSPS) is 11.3. The zero-order valence-electron chi connectivity index (χ0n) is 19.9. The van der Waals surface area contributed by atoms with Crippen LogP contribution in [-0.2, 0) is 0 Å². The van der Waals surface area contributed by atoms with Gasteiger partial charge in [-0.3, -0.25) is 4.79 Å². The molecule has 182 valence electrons. The number of allylic oxidation sites excluding steroid dienone is 1. The largest absolute Gasteiger partial charge is 0.497 e. The highest BCUT2D eigenvalue weighted by Crippen LogP contribution is 2.31. The zero-order chi connectivity index (χ0) is 25.7. The van der Waals surface area contributed by atoms with Crippen LogP contribution < -0.4 is 19.8 Å². The molecular formula is C29H23BrO6. The molecule has 3 aromatic carbocycles. The van der Waals surface area contributed by atoms with Crippen LogP contribution in [0.3, 0.4) is 0 Å². The lowest BCUT2D eigenvalue weighted by atomic mass is 10.0. The van der Waals surface area contributed by atoms with E-state index in [1.54, 1.807) is 51.7 Å². The monoisotopic (exact) mass is 546 g/mol. The number of ketones is 1. The van der Waals surface area contributed by atoms with Crippen LogP contribution in [0.5, 0.6) is 17.2 Å². The van der Waals surface area contributed by atoms with Crippen molar-refractivity contribution in [3.8, 4) is 17.2 Å². The van der Waals surface area contributed by atoms with Crippen LogP contribution in [0.4, 0.5) is 0 Å². The summed E-state index contributed by atoms with van der Waals surface area (Å²) in [6, 6.07) is 18.0. The van der Waals surface area contributed by atoms with Crippen molar-refractivity contribution in [3.05, 3.63) is 104 Å². The summed E-state index contributed by atoms with van der Waals surface area (Å²) in [6.45, 7) is 0. The molecule has 0 atom stereocenters. The minimum atomic E-state index is -0.694. The van der Waals surface area contributed by atoms with Gasteiger partial charge >= 0.3 is 5.63 Å². The molecule has 0 radical (unpaired) electrons. The summed E-state index contributed by atoms with van der Waals surface area (Å²) in [7, 11) is 4.73. The van der Waals surface area contributed by atoms with Gasteiger partial charge in [-0.25, -0.2) is 4.79 Å². The lowest BCUT2D eigenvalue weighted by molar-refractivity contribution is 0.104. The van der Waals surface area contributed by atoms with Gasteiger partial charge in [-0.15, -0.1) is 0 Å². The van der Waals surface area contributed by atoms with Crippen molar-refractivity contribution < 1.29 is 23.4 Å². The predicted octanol–water partition coefficient (Wildman–Crippen LogP) is 6.65. The van der Waals surface area contributed by atoms with Crippen LogP contribution in [0, 0.1) is 0 Å². The fourth-order valence-corrected chi connectivity index (χ4v) is 4.02. The molecule has 0 fully saturated rings. The SMILES string of the molecule is COc1ccc(/C=C/c2cc(OC)cc(OC)c2/C=C/C(=O)c2cc3cc(Br)ccc3oc2=O)cc1. The van der Waals surface area contributed by atoms with E-state index in [2.05, 4.69) is 15.9 Å². The van der Waals surface area contributed by atoms with Crippen LogP contribution in [0.15, 0.2) is 80.4 Å². The van der Waals surface area contributed by atoms with Crippen molar-refractivity contribution in [3.63, 3.8) is 0 Å². The lowest BCUT2D eigenvalue weighted by Crippen LogP contribution is -2.12.